The predicted molar refractivity (Wildman–Crippen MR) is 52.7 cm³/mol. The molecule has 1 aromatic rings. The van der Waals surface area contributed by atoms with Gasteiger partial charge in [0, 0.05) is 19.1 Å². The summed E-state index contributed by atoms with van der Waals surface area (Å²) in [5, 5.41) is 3.63. The van der Waals surface area contributed by atoms with Gasteiger partial charge in [0.15, 0.2) is 5.76 Å². The topological polar surface area (TPSA) is 89.4 Å². The van der Waals surface area contributed by atoms with Gasteiger partial charge in [-0.2, -0.15) is 4.31 Å². The third-order valence-corrected chi connectivity index (χ3v) is 4.52. The summed E-state index contributed by atoms with van der Waals surface area (Å²) >= 11 is 0. The summed E-state index contributed by atoms with van der Waals surface area (Å²) in [5.41, 5.74) is 5.95. The molecule has 84 valence electrons. The lowest BCUT2D eigenvalue weighted by Crippen LogP contribution is -2.57. The molecule has 0 aliphatic carbocycles. The molecule has 1 aliphatic rings. The minimum atomic E-state index is -3.46. The lowest BCUT2D eigenvalue weighted by molar-refractivity contribution is 0.265. The van der Waals surface area contributed by atoms with Gasteiger partial charge in [0.2, 0.25) is 10.0 Å². The smallest absolute Gasteiger partial charge is 0.248 e. The number of hydrogen-bond donors (Lipinski definition) is 1. The van der Waals surface area contributed by atoms with Crippen LogP contribution >= 0.6 is 0 Å². The van der Waals surface area contributed by atoms with Crippen LogP contribution in [0.15, 0.2) is 9.42 Å². The molecule has 0 spiro atoms. The second-order valence-electron chi connectivity index (χ2n) is 3.74. The average Bonchev–Trinajstić information content (AvgIpc) is 2.41. The van der Waals surface area contributed by atoms with Gasteiger partial charge in [-0.3, -0.25) is 0 Å². The average molecular weight is 231 g/mol. The quantitative estimate of drug-likeness (QED) is 0.749. The standard InChI is InChI=1S/C8H13N3O3S/c1-5-8(6(2)14-10-5)15(12,13)11-3-7(9)4-11/h7H,3-4,9H2,1-2H3. The normalized spacial score (nSPS) is 19.1. The molecule has 15 heavy (non-hydrogen) atoms. The first-order valence-electron chi connectivity index (χ1n) is 4.61. The molecule has 1 fully saturated rings. The minimum Gasteiger partial charge on any atom is -0.360 e. The summed E-state index contributed by atoms with van der Waals surface area (Å²) in [5.74, 6) is 0.327. The van der Waals surface area contributed by atoms with Crippen molar-refractivity contribution in [2.45, 2.75) is 24.8 Å². The molecule has 0 amide bonds. The largest absolute Gasteiger partial charge is 0.360 e. The van der Waals surface area contributed by atoms with E-state index in [0.29, 0.717) is 24.5 Å². The Kier molecular flexibility index (Phi) is 2.32. The zero-order valence-electron chi connectivity index (χ0n) is 8.60. The van der Waals surface area contributed by atoms with E-state index in [9.17, 15) is 8.42 Å². The highest BCUT2D eigenvalue weighted by molar-refractivity contribution is 7.89. The third-order valence-electron chi connectivity index (χ3n) is 2.44. The Balaban J connectivity index is 2.38. The zero-order chi connectivity index (χ0) is 11.2. The Labute approximate surface area is 88.1 Å². The van der Waals surface area contributed by atoms with Crippen LogP contribution in [0.25, 0.3) is 0 Å². The molecule has 0 bridgehead atoms. The second kappa shape index (κ2) is 3.29. The van der Waals surface area contributed by atoms with E-state index in [2.05, 4.69) is 5.16 Å². The van der Waals surface area contributed by atoms with Gasteiger partial charge < -0.3 is 10.3 Å². The maximum atomic E-state index is 12.0. The number of nitrogens with two attached hydrogens (primary N) is 1. The molecule has 1 aromatic heterocycles. The van der Waals surface area contributed by atoms with E-state index in [0.717, 1.165) is 0 Å². The van der Waals surface area contributed by atoms with Crippen molar-refractivity contribution in [2.24, 2.45) is 5.73 Å². The molecule has 0 saturated carbocycles. The fraction of sp³-hybridized carbons (Fsp3) is 0.625. The van der Waals surface area contributed by atoms with Crippen molar-refractivity contribution in [3.63, 3.8) is 0 Å². The Morgan fingerprint density at radius 1 is 1.47 bits per heavy atom. The summed E-state index contributed by atoms with van der Waals surface area (Å²) in [6, 6.07) is -0.0553. The Hall–Kier alpha value is -0.920. The molecule has 0 atom stereocenters. The molecule has 2 heterocycles. The van der Waals surface area contributed by atoms with Crippen molar-refractivity contribution in [3.8, 4) is 0 Å². The molecule has 0 radical (unpaired) electrons. The molecular formula is C8H13N3O3S. The molecule has 1 aliphatic heterocycles. The molecule has 2 rings (SSSR count). The fourth-order valence-corrected chi connectivity index (χ4v) is 3.48. The molecule has 0 aromatic carbocycles. The number of aryl methyl sites for hydroxylation is 2. The molecule has 6 nitrogen and oxygen atoms in total. The van der Waals surface area contributed by atoms with E-state index in [1.165, 1.54) is 4.31 Å². The SMILES string of the molecule is Cc1noc(C)c1S(=O)(=O)N1CC(N)C1. The van der Waals surface area contributed by atoms with Crippen LogP contribution in [0, 0.1) is 13.8 Å². The highest BCUT2D eigenvalue weighted by atomic mass is 32.2. The van der Waals surface area contributed by atoms with E-state index in [1.54, 1.807) is 13.8 Å². The van der Waals surface area contributed by atoms with Crippen molar-refractivity contribution in [2.75, 3.05) is 13.1 Å². The highest BCUT2D eigenvalue weighted by Crippen LogP contribution is 2.25. The van der Waals surface area contributed by atoms with Crippen LogP contribution in [0.5, 0.6) is 0 Å². The van der Waals surface area contributed by atoms with E-state index in [1.807, 2.05) is 0 Å². The van der Waals surface area contributed by atoms with Gasteiger partial charge in [0.05, 0.1) is 0 Å². The molecule has 0 unspecified atom stereocenters. The van der Waals surface area contributed by atoms with Gasteiger partial charge >= 0.3 is 0 Å². The van der Waals surface area contributed by atoms with Gasteiger partial charge in [-0.1, -0.05) is 5.16 Å². The van der Waals surface area contributed by atoms with E-state index in [-0.39, 0.29) is 10.9 Å². The molecular weight excluding hydrogens is 218 g/mol. The second-order valence-corrected chi connectivity index (χ2v) is 5.61. The minimum absolute atomic E-state index is 0.0553. The zero-order valence-corrected chi connectivity index (χ0v) is 9.41. The van der Waals surface area contributed by atoms with Gasteiger partial charge in [0.25, 0.3) is 0 Å². The first-order chi connectivity index (χ1) is 6.93. The van der Waals surface area contributed by atoms with Crippen LogP contribution in [-0.2, 0) is 10.0 Å². The summed E-state index contributed by atoms with van der Waals surface area (Å²) in [7, 11) is -3.46. The Bertz CT molecular complexity index is 454. The third kappa shape index (κ3) is 1.56. The summed E-state index contributed by atoms with van der Waals surface area (Å²) < 4.78 is 30.2. The van der Waals surface area contributed by atoms with Gasteiger partial charge in [-0.25, -0.2) is 8.42 Å². The number of nitrogens with zero attached hydrogens (tertiary/aromatic N) is 2. The number of rotatable bonds is 2. The van der Waals surface area contributed by atoms with Crippen LogP contribution in [0.4, 0.5) is 0 Å². The number of sulfonamides is 1. The van der Waals surface area contributed by atoms with Crippen molar-refractivity contribution >= 4 is 10.0 Å². The Morgan fingerprint density at radius 3 is 2.47 bits per heavy atom. The van der Waals surface area contributed by atoms with Crippen LogP contribution in [0.3, 0.4) is 0 Å². The lowest BCUT2D eigenvalue weighted by Gasteiger charge is -2.35. The van der Waals surface area contributed by atoms with Crippen LogP contribution in [-0.4, -0.2) is 37.0 Å². The number of hydrogen-bond acceptors (Lipinski definition) is 5. The number of aromatic nitrogens is 1. The van der Waals surface area contributed by atoms with Gasteiger partial charge in [-0.05, 0) is 13.8 Å². The highest BCUT2D eigenvalue weighted by Gasteiger charge is 2.37. The first-order valence-corrected chi connectivity index (χ1v) is 6.05. The Morgan fingerprint density at radius 2 is 2.07 bits per heavy atom. The lowest BCUT2D eigenvalue weighted by atomic mass is 10.2. The summed E-state index contributed by atoms with van der Waals surface area (Å²) in [4.78, 5) is 0.175. The molecule has 2 N–H and O–H groups in total. The van der Waals surface area contributed by atoms with Crippen LogP contribution in [0.1, 0.15) is 11.5 Å². The van der Waals surface area contributed by atoms with Crippen LogP contribution < -0.4 is 5.73 Å². The summed E-state index contributed by atoms with van der Waals surface area (Å²) in [6.07, 6.45) is 0. The monoisotopic (exact) mass is 231 g/mol. The van der Waals surface area contributed by atoms with E-state index >= 15 is 0 Å². The maximum absolute atomic E-state index is 12.0. The van der Waals surface area contributed by atoms with Crippen molar-refractivity contribution in [3.05, 3.63) is 11.5 Å². The van der Waals surface area contributed by atoms with E-state index in [4.69, 9.17) is 10.3 Å². The van der Waals surface area contributed by atoms with Gasteiger partial charge in [0.1, 0.15) is 10.6 Å². The van der Waals surface area contributed by atoms with Crippen molar-refractivity contribution < 1.29 is 12.9 Å². The molecule has 1 saturated heterocycles. The van der Waals surface area contributed by atoms with Crippen LogP contribution in [0.2, 0.25) is 0 Å². The predicted octanol–water partition coefficient (Wildman–Crippen LogP) is -0.377. The summed E-state index contributed by atoms with van der Waals surface area (Å²) in [6.45, 7) is 3.94. The fourth-order valence-electron chi connectivity index (χ4n) is 1.64. The van der Waals surface area contributed by atoms with Crippen molar-refractivity contribution in [1.29, 1.82) is 0 Å². The van der Waals surface area contributed by atoms with E-state index < -0.39 is 10.0 Å². The molecule has 7 heteroatoms. The van der Waals surface area contributed by atoms with Crippen molar-refractivity contribution in [1.82, 2.24) is 9.46 Å². The first kappa shape index (κ1) is 10.6. The van der Waals surface area contributed by atoms with Gasteiger partial charge in [-0.15, -0.1) is 0 Å². The maximum Gasteiger partial charge on any atom is 0.248 e.